The third-order valence-corrected chi connectivity index (χ3v) is 4.73. The summed E-state index contributed by atoms with van der Waals surface area (Å²) in [5, 5.41) is 2.24. The second kappa shape index (κ2) is 6.08. The molecule has 2 nitrogen and oxygen atoms in total. The van der Waals surface area contributed by atoms with Gasteiger partial charge in [-0.15, -0.1) is 0 Å². The second-order valence-corrected chi connectivity index (χ2v) is 6.35. The molecular formula is C24H16N2. The Morgan fingerprint density at radius 1 is 0.538 bits per heavy atom. The maximum Gasteiger partial charge on any atom is 0.0970 e. The minimum atomic E-state index is 0.944. The van der Waals surface area contributed by atoms with E-state index in [-0.39, 0.29) is 0 Å². The molecule has 0 amide bonds. The molecule has 0 fully saturated rings. The summed E-state index contributed by atoms with van der Waals surface area (Å²) in [7, 11) is 0. The monoisotopic (exact) mass is 332 g/mol. The average Bonchev–Trinajstić information content (AvgIpc) is 2.74. The zero-order valence-corrected chi connectivity index (χ0v) is 14.1. The van der Waals surface area contributed by atoms with Crippen LogP contribution in [0.1, 0.15) is 0 Å². The van der Waals surface area contributed by atoms with Gasteiger partial charge in [0.25, 0.3) is 0 Å². The molecule has 2 heteroatoms. The number of benzene rings is 3. The topological polar surface area (TPSA) is 25.8 Å². The van der Waals surface area contributed by atoms with E-state index in [4.69, 9.17) is 4.98 Å². The van der Waals surface area contributed by atoms with Crippen LogP contribution in [0.5, 0.6) is 0 Å². The van der Waals surface area contributed by atoms with Crippen molar-refractivity contribution in [2.24, 2.45) is 0 Å². The van der Waals surface area contributed by atoms with Crippen molar-refractivity contribution in [1.82, 2.24) is 9.97 Å². The minimum Gasteiger partial charge on any atom is -0.254 e. The molecule has 122 valence electrons. The smallest absolute Gasteiger partial charge is 0.0970 e. The molecule has 0 aliphatic rings. The second-order valence-electron chi connectivity index (χ2n) is 6.35. The molecule has 0 radical (unpaired) electrons. The molecule has 0 aliphatic carbocycles. The van der Waals surface area contributed by atoms with E-state index in [0.717, 1.165) is 27.4 Å². The van der Waals surface area contributed by atoms with Crippen LogP contribution in [0.15, 0.2) is 97.3 Å². The minimum absolute atomic E-state index is 0.944. The molecule has 0 spiro atoms. The fraction of sp³-hybridized carbons (Fsp3) is 0. The summed E-state index contributed by atoms with van der Waals surface area (Å²) in [4.78, 5) is 9.39. The zero-order chi connectivity index (χ0) is 17.3. The molecule has 3 aromatic carbocycles. The van der Waals surface area contributed by atoms with Crippen molar-refractivity contribution in [1.29, 1.82) is 0 Å². The molecular weight excluding hydrogens is 316 g/mol. The third-order valence-electron chi connectivity index (χ3n) is 4.73. The zero-order valence-electron chi connectivity index (χ0n) is 14.1. The predicted octanol–water partition coefficient (Wildman–Crippen LogP) is 6.12. The largest absolute Gasteiger partial charge is 0.254 e. The van der Waals surface area contributed by atoms with Gasteiger partial charge in [-0.25, -0.2) is 0 Å². The lowest BCUT2D eigenvalue weighted by molar-refractivity contribution is 1.37. The number of pyridine rings is 2. The molecule has 0 saturated carbocycles. The number of nitrogens with zero attached hydrogens (tertiary/aromatic N) is 2. The Balaban J connectivity index is 1.83. The van der Waals surface area contributed by atoms with Gasteiger partial charge in [-0.05, 0) is 34.9 Å². The Hall–Kier alpha value is -3.52. The lowest BCUT2D eigenvalue weighted by atomic mass is 9.96. The van der Waals surface area contributed by atoms with E-state index >= 15 is 0 Å². The van der Waals surface area contributed by atoms with E-state index < -0.39 is 0 Å². The molecule has 0 N–H and O–H groups in total. The summed E-state index contributed by atoms with van der Waals surface area (Å²) < 4.78 is 0. The van der Waals surface area contributed by atoms with Crippen molar-refractivity contribution in [3.8, 4) is 22.3 Å². The molecule has 26 heavy (non-hydrogen) atoms. The SMILES string of the molecule is c1ccc(-c2cnc3c(c2)cc(-c2ccccc2)c2cccnc23)cc1. The van der Waals surface area contributed by atoms with Crippen molar-refractivity contribution in [3.63, 3.8) is 0 Å². The molecule has 0 atom stereocenters. The van der Waals surface area contributed by atoms with Gasteiger partial charge in [-0.2, -0.15) is 0 Å². The van der Waals surface area contributed by atoms with Crippen LogP contribution in [0, 0.1) is 0 Å². The highest BCUT2D eigenvalue weighted by atomic mass is 14.7. The van der Waals surface area contributed by atoms with Crippen molar-refractivity contribution in [2.45, 2.75) is 0 Å². The van der Waals surface area contributed by atoms with Crippen LogP contribution in [0.3, 0.4) is 0 Å². The molecule has 2 heterocycles. The Labute approximate surface area is 151 Å². The number of rotatable bonds is 2. The van der Waals surface area contributed by atoms with Gasteiger partial charge >= 0.3 is 0 Å². The summed E-state index contributed by atoms with van der Waals surface area (Å²) in [6, 6.07) is 29.4. The Morgan fingerprint density at radius 3 is 2.04 bits per heavy atom. The van der Waals surface area contributed by atoms with Crippen LogP contribution in [0.2, 0.25) is 0 Å². The number of hydrogen-bond donors (Lipinski definition) is 0. The van der Waals surface area contributed by atoms with Gasteiger partial charge < -0.3 is 0 Å². The van der Waals surface area contributed by atoms with Crippen molar-refractivity contribution < 1.29 is 0 Å². The van der Waals surface area contributed by atoms with E-state index in [1.54, 1.807) is 0 Å². The standard InChI is InChI=1S/C24H16N2/c1-3-8-17(9-4-1)20-14-19-15-22(18-10-5-2-6-11-18)21-12-7-13-25-24(21)23(19)26-16-20/h1-16H. The molecule has 2 aromatic heterocycles. The quantitative estimate of drug-likeness (QED) is 0.364. The third kappa shape index (κ3) is 2.44. The molecule has 0 aliphatic heterocycles. The highest BCUT2D eigenvalue weighted by molar-refractivity contribution is 6.10. The van der Waals surface area contributed by atoms with E-state index in [0.29, 0.717) is 0 Å². The summed E-state index contributed by atoms with van der Waals surface area (Å²) in [6.45, 7) is 0. The number of aromatic nitrogens is 2. The van der Waals surface area contributed by atoms with Gasteiger partial charge in [0.2, 0.25) is 0 Å². The lowest BCUT2D eigenvalue weighted by Crippen LogP contribution is -1.90. The first kappa shape index (κ1) is 14.8. The summed E-state index contributed by atoms with van der Waals surface area (Å²) >= 11 is 0. The van der Waals surface area contributed by atoms with Gasteiger partial charge in [-0.1, -0.05) is 66.7 Å². The van der Waals surface area contributed by atoms with Gasteiger partial charge in [-0.3, -0.25) is 9.97 Å². The van der Waals surface area contributed by atoms with Crippen molar-refractivity contribution in [3.05, 3.63) is 97.3 Å². The molecule has 0 unspecified atom stereocenters. The fourth-order valence-corrected chi connectivity index (χ4v) is 3.48. The number of hydrogen-bond acceptors (Lipinski definition) is 2. The summed E-state index contributed by atoms with van der Waals surface area (Å²) in [5.74, 6) is 0. The molecule has 5 rings (SSSR count). The maximum atomic E-state index is 4.76. The van der Waals surface area contributed by atoms with Gasteiger partial charge in [0.15, 0.2) is 0 Å². The maximum absolute atomic E-state index is 4.76. The molecule has 0 bridgehead atoms. The lowest BCUT2D eigenvalue weighted by Gasteiger charge is -2.11. The van der Waals surface area contributed by atoms with E-state index in [2.05, 4.69) is 71.7 Å². The van der Waals surface area contributed by atoms with Gasteiger partial charge in [0.1, 0.15) is 0 Å². The first-order valence-corrected chi connectivity index (χ1v) is 8.68. The van der Waals surface area contributed by atoms with Crippen molar-refractivity contribution >= 4 is 21.8 Å². The van der Waals surface area contributed by atoms with Crippen LogP contribution in [0.4, 0.5) is 0 Å². The first-order valence-electron chi connectivity index (χ1n) is 8.68. The Kier molecular flexibility index (Phi) is 3.46. The first-order chi connectivity index (χ1) is 12.9. The summed E-state index contributed by atoms with van der Waals surface area (Å²) in [5.41, 5.74) is 6.56. The Bertz CT molecular complexity index is 1210. The predicted molar refractivity (Wildman–Crippen MR) is 108 cm³/mol. The van der Waals surface area contributed by atoms with E-state index in [1.807, 2.05) is 30.6 Å². The highest BCUT2D eigenvalue weighted by Gasteiger charge is 2.11. The van der Waals surface area contributed by atoms with Crippen LogP contribution in [-0.2, 0) is 0 Å². The van der Waals surface area contributed by atoms with E-state index in [1.165, 1.54) is 16.7 Å². The van der Waals surface area contributed by atoms with Crippen LogP contribution >= 0.6 is 0 Å². The number of fused-ring (bicyclic) bond motifs is 3. The Morgan fingerprint density at radius 2 is 1.27 bits per heavy atom. The fourth-order valence-electron chi connectivity index (χ4n) is 3.48. The van der Waals surface area contributed by atoms with Gasteiger partial charge in [0, 0.05) is 28.7 Å². The van der Waals surface area contributed by atoms with Crippen LogP contribution < -0.4 is 0 Å². The normalized spacial score (nSPS) is 11.1. The van der Waals surface area contributed by atoms with Gasteiger partial charge in [0.05, 0.1) is 11.0 Å². The van der Waals surface area contributed by atoms with Crippen LogP contribution in [-0.4, -0.2) is 9.97 Å². The molecule has 5 aromatic rings. The highest BCUT2D eigenvalue weighted by Crippen LogP contribution is 2.34. The van der Waals surface area contributed by atoms with Crippen LogP contribution in [0.25, 0.3) is 44.1 Å². The average molecular weight is 332 g/mol. The summed E-state index contributed by atoms with van der Waals surface area (Å²) in [6.07, 6.45) is 3.78. The van der Waals surface area contributed by atoms with E-state index in [9.17, 15) is 0 Å². The molecule has 0 saturated heterocycles. The van der Waals surface area contributed by atoms with Crippen molar-refractivity contribution in [2.75, 3.05) is 0 Å².